The molecule has 0 N–H and O–H groups in total. The first-order valence-electron chi connectivity index (χ1n) is 18.2. The van der Waals surface area contributed by atoms with Crippen LogP contribution >= 0.6 is 0 Å². The fourth-order valence-electron chi connectivity index (χ4n) is 6.72. The summed E-state index contributed by atoms with van der Waals surface area (Å²) in [5.41, 5.74) is 3.15. The van der Waals surface area contributed by atoms with Crippen molar-refractivity contribution in [1.82, 2.24) is 0 Å². The molecule has 0 aliphatic heterocycles. The lowest BCUT2D eigenvalue weighted by atomic mass is 9.83. The molecule has 0 heterocycles. The Bertz CT molecular complexity index is 2930. The van der Waals surface area contributed by atoms with Crippen molar-refractivity contribution in [2.24, 2.45) is 0 Å². The van der Waals surface area contributed by atoms with Gasteiger partial charge >= 0.3 is 0 Å². The highest BCUT2D eigenvalue weighted by Gasteiger charge is 2.20. The summed E-state index contributed by atoms with van der Waals surface area (Å²) in [6.45, 7) is 0. The van der Waals surface area contributed by atoms with Gasteiger partial charge in [-0.3, -0.25) is 0 Å². The Morgan fingerprint density at radius 1 is 0.341 bits per heavy atom. The smallest absolute Gasteiger partial charge is 0.0622 e. The van der Waals surface area contributed by atoms with Crippen LogP contribution in [-0.2, 0) is 0 Å². The predicted octanol–water partition coefficient (Wildman–Crippen LogP) is 12.5. The van der Waals surface area contributed by atoms with Gasteiger partial charge in [0.15, 0.2) is 0 Å². The summed E-state index contributed by atoms with van der Waals surface area (Å²) < 4.78 is 65.9. The van der Waals surface area contributed by atoms with Crippen LogP contribution in [0.1, 0.15) is 9.60 Å². The molecular weight excluding hydrogens is 528 g/mol. The largest absolute Gasteiger partial charge is 0.0636 e. The summed E-state index contributed by atoms with van der Waals surface area (Å²) in [5, 5.41) is 6.80. The molecule has 0 fully saturated rings. The van der Waals surface area contributed by atoms with Gasteiger partial charge in [0.1, 0.15) is 0 Å². The minimum absolute atomic E-state index is 0.0288. The number of hydrogen-bond acceptors (Lipinski definition) is 0. The molecule has 0 radical (unpaired) electrons. The highest BCUT2D eigenvalue weighted by Crippen LogP contribution is 2.47. The van der Waals surface area contributed by atoms with Crippen molar-refractivity contribution in [3.8, 4) is 33.4 Å². The van der Waals surface area contributed by atoms with Gasteiger partial charge in [0.2, 0.25) is 0 Å². The average molecular weight is 564 g/mol. The molecule has 0 aliphatic rings. The standard InChI is InChI=1S/C44H28/c1-2-14-30(15-3-1)43-38-22-10-11-23-39(38)44(41-27-31-16-5-7-19-35(31)36-20-8-9-21-37(36)41)42-28-32(25-26-40(42)43)34-24-12-17-29-13-4-6-18-33(29)34/h1-28H/i10D,11D,22D,23D,25D,26D,28D. The quantitative estimate of drug-likeness (QED) is 0.148. The number of fused-ring (bicyclic) bond motifs is 6. The van der Waals surface area contributed by atoms with E-state index in [1.807, 2.05) is 121 Å². The van der Waals surface area contributed by atoms with Crippen molar-refractivity contribution < 1.29 is 9.60 Å². The Kier molecular flexibility index (Phi) is 4.23. The van der Waals surface area contributed by atoms with Crippen LogP contribution in [0.3, 0.4) is 0 Å². The fraction of sp³-hybridized carbons (Fsp3) is 0. The van der Waals surface area contributed by atoms with E-state index in [-0.39, 0.29) is 53.1 Å². The third-order valence-electron chi connectivity index (χ3n) is 8.66. The molecule has 0 saturated heterocycles. The predicted molar refractivity (Wildman–Crippen MR) is 190 cm³/mol. The molecule has 0 nitrogen and oxygen atoms in total. The van der Waals surface area contributed by atoms with Crippen molar-refractivity contribution in [2.75, 3.05) is 0 Å². The van der Waals surface area contributed by atoms with E-state index in [2.05, 4.69) is 6.07 Å². The summed E-state index contributed by atoms with van der Waals surface area (Å²) in [5.74, 6) is 0. The van der Waals surface area contributed by atoms with E-state index < -0.39 is 0 Å². The van der Waals surface area contributed by atoms with Crippen molar-refractivity contribution in [2.45, 2.75) is 0 Å². The maximum Gasteiger partial charge on any atom is 0.0636 e. The van der Waals surface area contributed by atoms with Gasteiger partial charge in [-0.2, -0.15) is 0 Å². The lowest BCUT2D eigenvalue weighted by Crippen LogP contribution is -1.93. The SMILES string of the molecule is [2H]c1c([2H])c([2H])c2c(-c3cc4ccccc4c4ccccc34)c3c([2H])c(-c4cccc5ccccc45)c([2H])c([2H])c3c(-c3ccccc3)c2c1[2H]. The summed E-state index contributed by atoms with van der Waals surface area (Å²) in [7, 11) is 0. The third kappa shape index (κ3) is 3.78. The van der Waals surface area contributed by atoms with Crippen LogP contribution in [0.2, 0.25) is 0 Å². The normalized spacial score (nSPS) is 13.9. The zero-order valence-corrected chi connectivity index (χ0v) is 23.6. The molecule has 0 unspecified atom stereocenters. The van der Waals surface area contributed by atoms with Crippen LogP contribution in [0.25, 0.3) is 87.2 Å². The monoisotopic (exact) mass is 563 g/mol. The zero-order chi connectivity index (χ0) is 35.1. The van der Waals surface area contributed by atoms with E-state index >= 15 is 0 Å². The Morgan fingerprint density at radius 2 is 0.955 bits per heavy atom. The Balaban J connectivity index is 1.63. The molecule has 0 heteroatoms. The molecule has 0 atom stereocenters. The van der Waals surface area contributed by atoms with Crippen molar-refractivity contribution in [3.63, 3.8) is 0 Å². The molecule has 204 valence electrons. The lowest BCUT2D eigenvalue weighted by molar-refractivity contribution is 1.65. The highest BCUT2D eigenvalue weighted by atomic mass is 14.2. The first-order valence-corrected chi connectivity index (χ1v) is 14.7. The van der Waals surface area contributed by atoms with Crippen LogP contribution in [0.4, 0.5) is 0 Å². The number of hydrogen-bond donors (Lipinski definition) is 0. The van der Waals surface area contributed by atoms with Crippen LogP contribution in [0, 0.1) is 0 Å². The molecular formula is C44H28. The van der Waals surface area contributed by atoms with E-state index in [1.165, 1.54) is 0 Å². The molecule has 9 aromatic rings. The van der Waals surface area contributed by atoms with Gasteiger partial charge in [-0.15, -0.1) is 0 Å². The van der Waals surface area contributed by atoms with Crippen LogP contribution in [0.15, 0.2) is 170 Å². The molecule has 0 bridgehead atoms. The van der Waals surface area contributed by atoms with Gasteiger partial charge < -0.3 is 0 Å². The Morgan fingerprint density at radius 3 is 1.77 bits per heavy atom. The molecule has 0 spiro atoms. The van der Waals surface area contributed by atoms with Crippen molar-refractivity contribution in [3.05, 3.63) is 170 Å². The van der Waals surface area contributed by atoms with Gasteiger partial charge in [-0.05, 0) is 99.4 Å². The van der Waals surface area contributed by atoms with E-state index in [4.69, 9.17) is 2.74 Å². The summed E-state index contributed by atoms with van der Waals surface area (Å²) in [4.78, 5) is 0. The van der Waals surface area contributed by atoms with E-state index in [9.17, 15) is 6.85 Å². The van der Waals surface area contributed by atoms with Crippen LogP contribution in [0.5, 0.6) is 0 Å². The lowest BCUT2D eigenvalue weighted by Gasteiger charge is -2.20. The minimum atomic E-state index is -0.380. The third-order valence-corrected chi connectivity index (χ3v) is 8.66. The average Bonchev–Trinajstić information content (AvgIpc) is 3.17. The van der Waals surface area contributed by atoms with Gasteiger partial charge in [0.05, 0.1) is 9.60 Å². The second kappa shape index (κ2) is 9.93. The van der Waals surface area contributed by atoms with E-state index in [0.29, 0.717) is 44.2 Å². The summed E-state index contributed by atoms with van der Waals surface area (Å²) >= 11 is 0. The first kappa shape index (κ1) is 18.7. The number of benzene rings is 9. The van der Waals surface area contributed by atoms with Gasteiger partial charge in [-0.1, -0.05) is 158 Å². The molecule has 9 aromatic carbocycles. The summed E-state index contributed by atoms with van der Waals surface area (Å²) in [6, 6.07) is 39.5. The first-order chi connectivity index (χ1) is 24.8. The molecule has 0 amide bonds. The molecule has 0 aromatic heterocycles. The molecule has 9 rings (SSSR count). The van der Waals surface area contributed by atoms with Gasteiger partial charge in [0, 0.05) is 0 Å². The van der Waals surface area contributed by atoms with E-state index in [0.717, 1.165) is 32.3 Å². The second-order valence-corrected chi connectivity index (χ2v) is 11.1. The molecule has 0 aliphatic carbocycles. The van der Waals surface area contributed by atoms with Gasteiger partial charge in [-0.25, -0.2) is 0 Å². The second-order valence-electron chi connectivity index (χ2n) is 11.1. The van der Waals surface area contributed by atoms with Crippen LogP contribution < -0.4 is 0 Å². The number of rotatable bonds is 3. The molecule has 0 saturated carbocycles. The van der Waals surface area contributed by atoms with Gasteiger partial charge in [0.25, 0.3) is 0 Å². The van der Waals surface area contributed by atoms with Crippen molar-refractivity contribution >= 4 is 53.9 Å². The zero-order valence-electron chi connectivity index (χ0n) is 30.6. The summed E-state index contributed by atoms with van der Waals surface area (Å²) in [6.07, 6.45) is 0. The molecule has 44 heavy (non-hydrogen) atoms. The maximum absolute atomic E-state index is 10.1. The fourth-order valence-corrected chi connectivity index (χ4v) is 6.72. The Hall–Kier alpha value is -5.72. The Labute approximate surface area is 266 Å². The maximum atomic E-state index is 10.1. The van der Waals surface area contributed by atoms with Crippen LogP contribution in [-0.4, -0.2) is 0 Å². The minimum Gasteiger partial charge on any atom is -0.0622 e. The highest BCUT2D eigenvalue weighted by molar-refractivity contribution is 6.26. The van der Waals surface area contributed by atoms with Crippen molar-refractivity contribution in [1.29, 1.82) is 0 Å². The topological polar surface area (TPSA) is 0 Å². The van der Waals surface area contributed by atoms with E-state index in [1.54, 1.807) is 0 Å².